The van der Waals surface area contributed by atoms with Gasteiger partial charge in [0, 0.05) is 23.6 Å². The average Bonchev–Trinajstić information content (AvgIpc) is 3.04. The van der Waals surface area contributed by atoms with Gasteiger partial charge in [-0.05, 0) is 36.4 Å². The number of nitrogens with zero attached hydrogens (tertiary/aromatic N) is 2. The minimum Gasteiger partial charge on any atom is -0.421 e. The van der Waals surface area contributed by atoms with Crippen molar-refractivity contribution >= 4 is 29.1 Å². The van der Waals surface area contributed by atoms with Gasteiger partial charge in [-0.15, -0.1) is 10.2 Å². The molecule has 5 nitrogen and oxygen atoms in total. The first-order valence-electron chi connectivity index (χ1n) is 7.35. The number of carbonyl (C=O) groups excluding carboxylic acids is 1. The summed E-state index contributed by atoms with van der Waals surface area (Å²) in [6.07, 6.45) is 0.304. The van der Waals surface area contributed by atoms with Crippen molar-refractivity contribution in [2.24, 2.45) is 0 Å². The van der Waals surface area contributed by atoms with Crippen molar-refractivity contribution in [1.29, 1.82) is 0 Å². The van der Waals surface area contributed by atoms with E-state index in [0.717, 1.165) is 5.56 Å². The minimum atomic E-state index is -0.673. The third-order valence-corrected chi connectivity index (χ3v) is 3.94. The van der Waals surface area contributed by atoms with Crippen LogP contribution in [0.15, 0.2) is 46.9 Å². The lowest BCUT2D eigenvalue weighted by atomic mass is 10.2. The van der Waals surface area contributed by atoms with Gasteiger partial charge >= 0.3 is 0 Å². The maximum atomic E-state index is 13.7. The summed E-state index contributed by atoms with van der Waals surface area (Å²) in [5.41, 5.74) is 0.557. The Bertz CT molecular complexity index is 877. The first-order valence-corrected chi connectivity index (χ1v) is 8.10. The Balaban J connectivity index is 1.59. The van der Waals surface area contributed by atoms with E-state index in [1.807, 2.05) is 0 Å². The first-order chi connectivity index (χ1) is 12.0. The van der Waals surface area contributed by atoms with Gasteiger partial charge in [0.1, 0.15) is 5.82 Å². The van der Waals surface area contributed by atoms with E-state index < -0.39 is 11.7 Å². The van der Waals surface area contributed by atoms with Crippen LogP contribution in [-0.2, 0) is 6.42 Å². The number of aromatic nitrogens is 2. The molecule has 2 aromatic carbocycles. The molecule has 0 atom stereocenters. The van der Waals surface area contributed by atoms with Crippen LogP contribution >= 0.6 is 23.2 Å². The summed E-state index contributed by atoms with van der Waals surface area (Å²) in [6, 6.07) is 11.0. The summed E-state index contributed by atoms with van der Waals surface area (Å²) < 4.78 is 19.2. The SMILES string of the molecule is O=C(NCCc1nnc(-c2ccc(Cl)cc2)o1)c1c(F)cccc1Cl. The van der Waals surface area contributed by atoms with Gasteiger partial charge in [0.15, 0.2) is 0 Å². The predicted molar refractivity (Wildman–Crippen MR) is 92.2 cm³/mol. The molecular weight excluding hydrogens is 368 g/mol. The number of rotatable bonds is 5. The highest BCUT2D eigenvalue weighted by atomic mass is 35.5. The van der Waals surface area contributed by atoms with Crippen molar-refractivity contribution in [3.8, 4) is 11.5 Å². The second kappa shape index (κ2) is 7.63. The molecule has 1 amide bonds. The molecule has 0 spiro atoms. The number of amides is 1. The molecule has 1 heterocycles. The van der Waals surface area contributed by atoms with Crippen molar-refractivity contribution in [2.45, 2.75) is 6.42 Å². The molecule has 8 heteroatoms. The van der Waals surface area contributed by atoms with Crippen molar-refractivity contribution in [1.82, 2.24) is 15.5 Å². The fourth-order valence-electron chi connectivity index (χ4n) is 2.15. The number of nitrogens with one attached hydrogen (secondary N) is 1. The molecule has 0 bridgehead atoms. The Morgan fingerprint density at radius 2 is 1.88 bits per heavy atom. The van der Waals surface area contributed by atoms with Crippen LogP contribution in [0.1, 0.15) is 16.2 Å². The van der Waals surface area contributed by atoms with E-state index in [2.05, 4.69) is 15.5 Å². The smallest absolute Gasteiger partial charge is 0.255 e. The zero-order valence-electron chi connectivity index (χ0n) is 12.8. The van der Waals surface area contributed by atoms with Crippen LogP contribution in [0, 0.1) is 5.82 Å². The number of hydrogen-bond acceptors (Lipinski definition) is 4. The summed E-state index contributed by atoms with van der Waals surface area (Å²) in [5, 5.41) is 11.1. The summed E-state index contributed by atoms with van der Waals surface area (Å²) in [6.45, 7) is 0.200. The molecule has 0 fully saturated rings. The molecule has 0 aliphatic carbocycles. The number of hydrogen-bond donors (Lipinski definition) is 1. The number of halogens is 3. The van der Waals surface area contributed by atoms with E-state index >= 15 is 0 Å². The molecule has 0 unspecified atom stereocenters. The van der Waals surface area contributed by atoms with Crippen molar-refractivity contribution < 1.29 is 13.6 Å². The van der Waals surface area contributed by atoms with E-state index in [-0.39, 0.29) is 17.1 Å². The van der Waals surface area contributed by atoms with E-state index in [1.165, 1.54) is 18.2 Å². The van der Waals surface area contributed by atoms with Crippen LogP contribution in [-0.4, -0.2) is 22.6 Å². The second-order valence-electron chi connectivity index (χ2n) is 5.11. The molecule has 1 N–H and O–H groups in total. The zero-order valence-corrected chi connectivity index (χ0v) is 14.3. The monoisotopic (exact) mass is 379 g/mol. The third-order valence-electron chi connectivity index (χ3n) is 3.37. The fourth-order valence-corrected chi connectivity index (χ4v) is 2.52. The van der Waals surface area contributed by atoms with Gasteiger partial charge in [0.25, 0.3) is 5.91 Å². The molecule has 1 aromatic heterocycles. The Labute approximate surface area is 152 Å². The molecule has 3 rings (SSSR count). The Morgan fingerprint density at radius 1 is 1.12 bits per heavy atom. The molecule has 3 aromatic rings. The minimum absolute atomic E-state index is 0.0558. The average molecular weight is 380 g/mol. The summed E-state index contributed by atoms with van der Waals surface area (Å²) in [4.78, 5) is 12.0. The maximum absolute atomic E-state index is 13.7. The number of benzene rings is 2. The predicted octanol–water partition coefficient (Wildman–Crippen LogP) is 4.16. The lowest BCUT2D eigenvalue weighted by Crippen LogP contribution is -2.27. The highest BCUT2D eigenvalue weighted by Gasteiger charge is 2.15. The van der Waals surface area contributed by atoms with E-state index in [9.17, 15) is 9.18 Å². The van der Waals surface area contributed by atoms with Gasteiger partial charge in [-0.2, -0.15) is 0 Å². The van der Waals surface area contributed by atoms with Gasteiger partial charge in [-0.1, -0.05) is 29.3 Å². The molecule has 128 valence electrons. The molecule has 0 aliphatic rings. The van der Waals surface area contributed by atoms with Gasteiger partial charge in [-0.3, -0.25) is 4.79 Å². The van der Waals surface area contributed by atoms with Crippen LogP contribution in [0.5, 0.6) is 0 Å². The van der Waals surface area contributed by atoms with E-state index in [4.69, 9.17) is 27.6 Å². The van der Waals surface area contributed by atoms with Gasteiger partial charge in [0.05, 0.1) is 10.6 Å². The Morgan fingerprint density at radius 3 is 2.60 bits per heavy atom. The first kappa shape index (κ1) is 17.4. The van der Waals surface area contributed by atoms with Crippen LogP contribution < -0.4 is 5.32 Å². The zero-order chi connectivity index (χ0) is 17.8. The van der Waals surface area contributed by atoms with Gasteiger partial charge < -0.3 is 9.73 Å². The molecule has 0 saturated carbocycles. The largest absolute Gasteiger partial charge is 0.421 e. The Kier molecular flexibility index (Phi) is 5.31. The number of carbonyl (C=O) groups is 1. The molecule has 0 saturated heterocycles. The van der Waals surface area contributed by atoms with Crippen molar-refractivity contribution in [3.05, 3.63) is 69.8 Å². The van der Waals surface area contributed by atoms with Gasteiger partial charge in [0.2, 0.25) is 11.8 Å². The van der Waals surface area contributed by atoms with Crippen LogP contribution in [0.25, 0.3) is 11.5 Å². The normalized spacial score (nSPS) is 10.7. The Hall–Kier alpha value is -2.44. The highest BCUT2D eigenvalue weighted by Crippen LogP contribution is 2.21. The van der Waals surface area contributed by atoms with Crippen LogP contribution in [0.4, 0.5) is 4.39 Å². The topological polar surface area (TPSA) is 68.0 Å². The maximum Gasteiger partial charge on any atom is 0.255 e. The van der Waals surface area contributed by atoms with Crippen molar-refractivity contribution in [3.63, 3.8) is 0 Å². The summed E-state index contributed by atoms with van der Waals surface area (Å²) in [7, 11) is 0. The lowest BCUT2D eigenvalue weighted by Gasteiger charge is -2.06. The van der Waals surface area contributed by atoms with Gasteiger partial charge in [-0.25, -0.2) is 4.39 Å². The fraction of sp³-hybridized carbons (Fsp3) is 0.118. The van der Waals surface area contributed by atoms with Crippen LogP contribution in [0.2, 0.25) is 10.0 Å². The molecule has 25 heavy (non-hydrogen) atoms. The van der Waals surface area contributed by atoms with E-state index in [1.54, 1.807) is 24.3 Å². The van der Waals surface area contributed by atoms with E-state index in [0.29, 0.717) is 23.2 Å². The quantitative estimate of drug-likeness (QED) is 0.722. The molecular formula is C17H12Cl2FN3O2. The summed E-state index contributed by atoms with van der Waals surface area (Å²) in [5.74, 6) is -0.562. The molecule has 0 aliphatic heterocycles. The highest BCUT2D eigenvalue weighted by molar-refractivity contribution is 6.33. The third kappa shape index (κ3) is 4.15. The standard InChI is InChI=1S/C17H12Cl2FN3O2/c18-11-6-4-10(5-7-11)17-23-22-14(25-17)8-9-21-16(24)15-12(19)2-1-3-13(15)20/h1-7H,8-9H2,(H,21,24). The van der Waals surface area contributed by atoms with Crippen molar-refractivity contribution in [2.75, 3.05) is 6.54 Å². The van der Waals surface area contributed by atoms with Crippen LogP contribution in [0.3, 0.4) is 0 Å². The second-order valence-corrected chi connectivity index (χ2v) is 5.95. The molecule has 0 radical (unpaired) electrons. The lowest BCUT2D eigenvalue weighted by molar-refractivity contribution is 0.0950. The summed E-state index contributed by atoms with van der Waals surface area (Å²) >= 11 is 11.7.